The van der Waals surface area contributed by atoms with E-state index in [1.54, 1.807) is 0 Å². The molecule has 0 spiro atoms. The zero-order chi connectivity index (χ0) is 44.3. The summed E-state index contributed by atoms with van der Waals surface area (Å²) in [6, 6.07) is 87.8. The molecular weight excluding hydrogens is 829 g/mol. The van der Waals surface area contributed by atoms with E-state index in [1.165, 1.54) is 91.6 Å². The molecule has 0 N–H and O–H groups in total. The van der Waals surface area contributed by atoms with Crippen LogP contribution < -0.4 is 0 Å². The van der Waals surface area contributed by atoms with Crippen molar-refractivity contribution in [2.45, 2.75) is 0 Å². The fourth-order valence-electron chi connectivity index (χ4n) is 9.99. The minimum atomic E-state index is 0.709. The molecule has 3 heteroatoms. The van der Waals surface area contributed by atoms with Crippen LogP contribution >= 0.6 is 11.3 Å². The Morgan fingerprint density at radius 3 is 1.54 bits per heavy atom. The third kappa shape index (κ3) is 6.96. The summed E-state index contributed by atoms with van der Waals surface area (Å²) in [5.74, 6) is 0.709. The molecule has 312 valence electrons. The lowest BCUT2D eigenvalue weighted by Gasteiger charge is -2.19. The number of hydrogen-bond acceptors (Lipinski definition) is 3. The van der Waals surface area contributed by atoms with Crippen LogP contribution in [0.25, 0.3) is 131 Å². The first-order chi connectivity index (χ1) is 33.2. The molecule has 11 aromatic carbocycles. The second kappa shape index (κ2) is 16.2. The molecule has 2 heterocycles. The van der Waals surface area contributed by atoms with Gasteiger partial charge in [0, 0.05) is 26.3 Å². The lowest BCUT2D eigenvalue weighted by Crippen LogP contribution is -1.96. The summed E-state index contributed by atoms with van der Waals surface area (Å²) in [5.41, 5.74) is 13.4. The normalized spacial score (nSPS) is 11.6. The zero-order valence-electron chi connectivity index (χ0n) is 36.4. The fourth-order valence-corrected chi connectivity index (χ4v) is 11.1. The van der Waals surface area contributed by atoms with E-state index in [-0.39, 0.29) is 0 Å². The van der Waals surface area contributed by atoms with Gasteiger partial charge in [-0.1, -0.05) is 206 Å². The highest BCUT2D eigenvalue weighted by Crippen LogP contribution is 2.46. The lowest BCUT2D eigenvalue weighted by molar-refractivity contribution is 1.18. The lowest BCUT2D eigenvalue weighted by atomic mass is 9.84. The van der Waals surface area contributed by atoms with E-state index in [2.05, 4.69) is 224 Å². The van der Waals surface area contributed by atoms with Crippen molar-refractivity contribution < 1.29 is 0 Å². The Bertz CT molecular complexity index is 3990. The molecular formula is C64H40N2S. The van der Waals surface area contributed by atoms with Crippen molar-refractivity contribution in [1.82, 2.24) is 9.97 Å². The molecule has 0 amide bonds. The number of rotatable bonds is 7. The van der Waals surface area contributed by atoms with Gasteiger partial charge < -0.3 is 0 Å². The zero-order valence-corrected chi connectivity index (χ0v) is 37.2. The first kappa shape index (κ1) is 38.9. The molecule has 0 radical (unpaired) electrons. The molecule has 0 aliphatic carbocycles. The Morgan fingerprint density at radius 1 is 0.269 bits per heavy atom. The minimum Gasteiger partial charge on any atom is -0.228 e. The number of thiophene rings is 1. The van der Waals surface area contributed by atoms with E-state index < -0.39 is 0 Å². The van der Waals surface area contributed by atoms with Crippen molar-refractivity contribution in [1.29, 1.82) is 0 Å². The van der Waals surface area contributed by atoms with Crippen molar-refractivity contribution in [2.75, 3.05) is 0 Å². The van der Waals surface area contributed by atoms with Gasteiger partial charge in [0.05, 0.1) is 11.4 Å². The van der Waals surface area contributed by atoms with Gasteiger partial charge in [0.15, 0.2) is 5.82 Å². The summed E-state index contributed by atoms with van der Waals surface area (Å²) in [4.78, 5) is 11.6. The Morgan fingerprint density at radius 2 is 0.791 bits per heavy atom. The highest BCUT2D eigenvalue weighted by Gasteiger charge is 2.19. The van der Waals surface area contributed by atoms with Gasteiger partial charge in [-0.2, -0.15) is 0 Å². The number of benzene rings is 11. The largest absolute Gasteiger partial charge is 0.228 e. The summed E-state index contributed by atoms with van der Waals surface area (Å²) in [6.07, 6.45) is 0. The second-order valence-electron chi connectivity index (χ2n) is 17.3. The van der Waals surface area contributed by atoms with Gasteiger partial charge in [0.1, 0.15) is 0 Å². The standard InChI is InChI=1S/C64H40N2S/c1-3-15-43(16-4-1)61-54-23-10-11-24-55(54)62(63-53-22-9-7-14-42(53)34-35-56(61)63)44-28-26-41(27-29-44)46-30-31-48-37-50(33-32-47(48)36-46)58-40-57(65-64(66-58)45-17-5-2-6-18-45)49-20-13-21-51(38-49)60-39-52-19-8-12-25-59(52)67-60/h1-40H. The molecule has 0 saturated carbocycles. The maximum Gasteiger partial charge on any atom is 0.160 e. The summed E-state index contributed by atoms with van der Waals surface area (Å²) in [5, 5.41) is 11.2. The molecule has 0 aliphatic rings. The number of nitrogens with zero attached hydrogens (tertiary/aromatic N) is 2. The third-order valence-corrected chi connectivity index (χ3v) is 14.4. The average molecular weight is 869 g/mol. The van der Waals surface area contributed by atoms with Crippen molar-refractivity contribution >= 4 is 64.5 Å². The summed E-state index contributed by atoms with van der Waals surface area (Å²) >= 11 is 1.82. The van der Waals surface area contributed by atoms with E-state index in [1.807, 2.05) is 29.5 Å². The smallest absolute Gasteiger partial charge is 0.160 e. The third-order valence-electron chi connectivity index (χ3n) is 13.2. The van der Waals surface area contributed by atoms with Crippen LogP contribution in [0.15, 0.2) is 243 Å². The van der Waals surface area contributed by atoms with Crippen LogP contribution in [-0.4, -0.2) is 9.97 Å². The SMILES string of the molecule is c1ccc(-c2nc(-c3cccc(-c4cc5ccccc5s4)c3)cc(-c3ccc4cc(-c5ccc(-c6c7ccccc7c(-c7ccccc7)c7ccc8ccccc8c67)cc5)ccc4c3)n2)cc1. The van der Waals surface area contributed by atoms with Crippen molar-refractivity contribution in [2.24, 2.45) is 0 Å². The van der Waals surface area contributed by atoms with Gasteiger partial charge >= 0.3 is 0 Å². The van der Waals surface area contributed by atoms with Crippen LogP contribution in [0.2, 0.25) is 0 Å². The van der Waals surface area contributed by atoms with Gasteiger partial charge in [-0.15, -0.1) is 11.3 Å². The summed E-state index contributed by atoms with van der Waals surface area (Å²) < 4.78 is 1.29. The number of fused-ring (bicyclic) bond motifs is 6. The van der Waals surface area contributed by atoms with Gasteiger partial charge in [0.25, 0.3) is 0 Å². The molecule has 0 atom stereocenters. The van der Waals surface area contributed by atoms with Crippen molar-refractivity contribution in [3.8, 4) is 77.7 Å². The molecule has 0 unspecified atom stereocenters. The van der Waals surface area contributed by atoms with Gasteiger partial charge in [-0.05, 0) is 124 Å². The first-order valence-corrected chi connectivity index (χ1v) is 23.6. The highest BCUT2D eigenvalue weighted by molar-refractivity contribution is 7.22. The van der Waals surface area contributed by atoms with E-state index in [0.717, 1.165) is 33.5 Å². The molecule has 0 saturated heterocycles. The molecule has 0 fully saturated rings. The van der Waals surface area contributed by atoms with E-state index in [0.29, 0.717) is 5.82 Å². The Kier molecular flexibility index (Phi) is 9.40. The average Bonchev–Trinajstić information content (AvgIpc) is 3.85. The molecule has 0 aliphatic heterocycles. The van der Waals surface area contributed by atoms with Crippen LogP contribution in [0, 0.1) is 0 Å². The number of aromatic nitrogens is 2. The number of hydrogen-bond donors (Lipinski definition) is 0. The van der Waals surface area contributed by atoms with Gasteiger partial charge in [-0.3, -0.25) is 0 Å². The van der Waals surface area contributed by atoms with Crippen LogP contribution in [0.1, 0.15) is 0 Å². The predicted octanol–water partition coefficient (Wildman–Crippen LogP) is 18.0. The fraction of sp³-hybridized carbons (Fsp3) is 0. The van der Waals surface area contributed by atoms with Crippen LogP contribution in [0.4, 0.5) is 0 Å². The molecule has 2 aromatic heterocycles. The Hall–Kier alpha value is -8.50. The van der Waals surface area contributed by atoms with Gasteiger partial charge in [0.2, 0.25) is 0 Å². The molecule has 13 aromatic rings. The van der Waals surface area contributed by atoms with Crippen molar-refractivity contribution in [3.63, 3.8) is 0 Å². The van der Waals surface area contributed by atoms with E-state index in [4.69, 9.17) is 9.97 Å². The van der Waals surface area contributed by atoms with Gasteiger partial charge in [-0.25, -0.2) is 9.97 Å². The quantitative estimate of drug-likeness (QED) is 0.118. The van der Waals surface area contributed by atoms with E-state index >= 15 is 0 Å². The Labute approximate surface area is 392 Å². The summed E-state index contributed by atoms with van der Waals surface area (Å²) in [7, 11) is 0. The second-order valence-corrected chi connectivity index (χ2v) is 18.4. The molecule has 2 nitrogen and oxygen atoms in total. The minimum absolute atomic E-state index is 0.709. The van der Waals surface area contributed by atoms with E-state index in [9.17, 15) is 0 Å². The topological polar surface area (TPSA) is 25.8 Å². The molecule has 13 rings (SSSR count). The maximum atomic E-state index is 5.18. The monoisotopic (exact) mass is 868 g/mol. The molecule has 0 bridgehead atoms. The van der Waals surface area contributed by atoms with Crippen LogP contribution in [-0.2, 0) is 0 Å². The Balaban J connectivity index is 0.874. The molecule has 67 heavy (non-hydrogen) atoms. The summed E-state index contributed by atoms with van der Waals surface area (Å²) in [6.45, 7) is 0. The maximum absolute atomic E-state index is 5.18. The van der Waals surface area contributed by atoms with Crippen molar-refractivity contribution in [3.05, 3.63) is 243 Å². The predicted molar refractivity (Wildman–Crippen MR) is 285 cm³/mol. The van der Waals surface area contributed by atoms with Crippen LogP contribution in [0.5, 0.6) is 0 Å². The first-order valence-electron chi connectivity index (χ1n) is 22.8. The van der Waals surface area contributed by atoms with Crippen LogP contribution in [0.3, 0.4) is 0 Å². The highest BCUT2D eigenvalue weighted by atomic mass is 32.1.